The standard InChI is InChI=1S/C18H20N2O6/c1-25-17(23)14-7-13(8-19-9-14)16(22)15(21)10-20-18(24)26-11-12-5-3-2-4-6-12/h2-9,15-16,21-22H,10-11H2,1H3,(H,20,24). The molecule has 1 aromatic carbocycles. The van der Waals surface area contributed by atoms with E-state index >= 15 is 0 Å². The van der Waals surface area contributed by atoms with Crippen molar-refractivity contribution in [2.24, 2.45) is 0 Å². The summed E-state index contributed by atoms with van der Waals surface area (Å²) < 4.78 is 9.59. The van der Waals surface area contributed by atoms with Gasteiger partial charge in [-0.05, 0) is 11.6 Å². The molecule has 3 N–H and O–H groups in total. The number of aliphatic hydroxyl groups is 2. The van der Waals surface area contributed by atoms with Crippen LogP contribution in [0.15, 0.2) is 48.8 Å². The lowest BCUT2D eigenvalue weighted by Crippen LogP contribution is -2.35. The number of amides is 1. The molecule has 138 valence electrons. The number of pyridine rings is 1. The van der Waals surface area contributed by atoms with E-state index < -0.39 is 24.3 Å². The second kappa shape index (κ2) is 9.50. The summed E-state index contributed by atoms with van der Waals surface area (Å²) in [5.41, 5.74) is 1.19. The quantitative estimate of drug-likeness (QED) is 0.635. The molecule has 0 fully saturated rings. The highest BCUT2D eigenvalue weighted by atomic mass is 16.5. The van der Waals surface area contributed by atoms with Crippen molar-refractivity contribution in [3.8, 4) is 0 Å². The molecule has 2 atom stereocenters. The third kappa shape index (κ3) is 5.54. The van der Waals surface area contributed by atoms with E-state index in [2.05, 4.69) is 15.0 Å². The van der Waals surface area contributed by atoms with Crippen molar-refractivity contribution < 1.29 is 29.3 Å². The van der Waals surface area contributed by atoms with Crippen LogP contribution in [-0.2, 0) is 16.1 Å². The number of hydrogen-bond acceptors (Lipinski definition) is 7. The van der Waals surface area contributed by atoms with Crippen LogP contribution in [0.1, 0.15) is 27.6 Å². The Bertz CT molecular complexity index is 737. The Morgan fingerprint density at radius 1 is 1.19 bits per heavy atom. The molecule has 1 heterocycles. The average molecular weight is 360 g/mol. The molecule has 1 amide bonds. The van der Waals surface area contributed by atoms with Gasteiger partial charge in [0.25, 0.3) is 0 Å². The van der Waals surface area contributed by atoms with Crippen LogP contribution in [0.3, 0.4) is 0 Å². The molecule has 8 nitrogen and oxygen atoms in total. The SMILES string of the molecule is COC(=O)c1cncc(C(O)C(O)CNC(=O)OCc2ccccc2)c1. The van der Waals surface area contributed by atoms with Crippen molar-refractivity contribution >= 4 is 12.1 Å². The molecule has 0 radical (unpaired) electrons. The highest BCUT2D eigenvalue weighted by Gasteiger charge is 2.21. The lowest BCUT2D eigenvalue weighted by molar-refractivity contribution is 0.0181. The van der Waals surface area contributed by atoms with Gasteiger partial charge in [-0.1, -0.05) is 30.3 Å². The number of aliphatic hydroxyl groups excluding tert-OH is 2. The first-order valence-corrected chi connectivity index (χ1v) is 7.85. The van der Waals surface area contributed by atoms with E-state index in [9.17, 15) is 19.8 Å². The number of esters is 1. The van der Waals surface area contributed by atoms with Gasteiger partial charge in [-0.3, -0.25) is 4.98 Å². The van der Waals surface area contributed by atoms with Gasteiger partial charge in [0.2, 0.25) is 0 Å². The summed E-state index contributed by atoms with van der Waals surface area (Å²) in [6.07, 6.45) is -0.779. The molecule has 2 unspecified atom stereocenters. The Morgan fingerprint density at radius 3 is 2.62 bits per heavy atom. The van der Waals surface area contributed by atoms with Gasteiger partial charge in [-0.25, -0.2) is 9.59 Å². The van der Waals surface area contributed by atoms with Gasteiger partial charge in [0.15, 0.2) is 0 Å². The fourth-order valence-corrected chi connectivity index (χ4v) is 2.14. The first-order chi connectivity index (χ1) is 12.5. The van der Waals surface area contributed by atoms with E-state index in [0.29, 0.717) is 0 Å². The van der Waals surface area contributed by atoms with Gasteiger partial charge < -0.3 is 25.0 Å². The molecule has 1 aromatic heterocycles. The largest absolute Gasteiger partial charge is 0.465 e. The van der Waals surface area contributed by atoms with Gasteiger partial charge in [-0.15, -0.1) is 0 Å². The number of benzene rings is 1. The van der Waals surface area contributed by atoms with Crippen molar-refractivity contribution in [3.05, 3.63) is 65.5 Å². The van der Waals surface area contributed by atoms with E-state index in [1.54, 1.807) is 0 Å². The molecule has 8 heteroatoms. The minimum Gasteiger partial charge on any atom is -0.465 e. The Balaban J connectivity index is 1.84. The van der Waals surface area contributed by atoms with E-state index in [-0.39, 0.29) is 24.3 Å². The van der Waals surface area contributed by atoms with Gasteiger partial charge in [0.05, 0.1) is 12.7 Å². The third-order valence-corrected chi connectivity index (χ3v) is 3.55. The summed E-state index contributed by atoms with van der Waals surface area (Å²) in [5, 5.41) is 22.6. The lowest BCUT2D eigenvalue weighted by Gasteiger charge is -2.18. The topological polar surface area (TPSA) is 118 Å². The number of aromatic nitrogens is 1. The smallest absolute Gasteiger partial charge is 0.407 e. The number of hydrogen-bond donors (Lipinski definition) is 3. The van der Waals surface area contributed by atoms with Crippen LogP contribution in [0.5, 0.6) is 0 Å². The van der Waals surface area contributed by atoms with Crippen LogP contribution in [-0.4, -0.2) is 47.0 Å². The summed E-state index contributed by atoms with van der Waals surface area (Å²) in [4.78, 5) is 27.0. The third-order valence-electron chi connectivity index (χ3n) is 3.55. The number of alkyl carbamates (subject to hydrolysis) is 1. The van der Waals surface area contributed by atoms with Crippen molar-refractivity contribution in [3.63, 3.8) is 0 Å². The van der Waals surface area contributed by atoms with Crippen LogP contribution in [0.2, 0.25) is 0 Å². The molecule has 0 saturated heterocycles. The van der Waals surface area contributed by atoms with Gasteiger partial charge >= 0.3 is 12.1 Å². The summed E-state index contributed by atoms with van der Waals surface area (Å²) >= 11 is 0. The van der Waals surface area contributed by atoms with Gasteiger partial charge in [0, 0.05) is 24.5 Å². The number of ether oxygens (including phenoxy) is 2. The minimum absolute atomic E-state index is 0.0937. The molecule has 0 spiro atoms. The Labute approximate surface area is 150 Å². The van der Waals surface area contributed by atoms with Crippen molar-refractivity contribution in [2.45, 2.75) is 18.8 Å². The highest BCUT2D eigenvalue weighted by Crippen LogP contribution is 2.17. The number of nitrogens with one attached hydrogen (secondary N) is 1. The second-order valence-corrected chi connectivity index (χ2v) is 5.45. The number of carbonyl (C=O) groups excluding carboxylic acids is 2. The minimum atomic E-state index is -1.35. The predicted molar refractivity (Wildman–Crippen MR) is 91.2 cm³/mol. The summed E-state index contributed by atoms with van der Waals surface area (Å²) in [6, 6.07) is 10.5. The summed E-state index contributed by atoms with van der Waals surface area (Å²) in [5.74, 6) is -0.608. The Morgan fingerprint density at radius 2 is 1.92 bits per heavy atom. The van der Waals surface area contributed by atoms with Crippen LogP contribution >= 0.6 is 0 Å². The first kappa shape index (κ1) is 19.4. The molecule has 26 heavy (non-hydrogen) atoms. The lowest BCUT2D eigenvalue weighted by atomic mass is 10.0. The molecule has 0 bridgehead atoms. The zero-order valence-electron chi connectivity index (χ0n) is 14.2. The average Bonchev–Trinajstić information content (AvgIpc) is 2.70. The Kier molecular flexibility index (Phi) is 7.07. The van der Waals surface area contributed by atoms with Crippen LogP contribution in [0.25, 0.3) is 0 Å². The molecule has 0 saturated carbocycles. The fourth-order valence-electron chi connectivity index (χ4n) is 2.14. The van der Waals surface area contributed by atoms with Crippen LogP contribution < -0.4 is 5.32 Å². The molecule has 2 aromatic rings. The zero-order chi connectivity index (χ0) is 18.9. The number of carbonyl (C=O) groups is 2. The van der Waals surface area contributed by atoms with Crippen molar-refractivity contribution in [1.29, 1.82) is 0 Å². The Hall–Kier alpha value is -2.97. The number of methoxy groups -OCH3 is 1. The van der Waals surface area contributed by atoms with Gasteiger partial charge in [-0.2, -0.15) is 0 Å². The van der Waals surface area contributed by atoms with E-state index in [1.807, 2.05) is 30.3 Å². The number of rotatable bonds is 7. The van der Waals surface area contributed by atoms with Gasteiger partial charge in [0.1, 0.15) is 18.8 Å². The molecule has 0 aliphatic rings. The van der Waals surface area contributed by atoms with E-state index in [4.69, 9.17) is 4.74 Å². The molecule has 2 rings (SSSR count). The summed E-state index contributed by atoms with van der Waals surface area (Å²) in [7, 11) is 1.23. The normalized spacial score (nSPS) is 12.7. The van der Waals surface area contributed by atoms with Crippen LogP contribution in [0, 0.1) is 0 Å². The molecular weight excluding hydrogens is 340 g/mol. The highest BCUT2D eigenvalue weighted by molar-refractivity contribution is 5.89. The molecular formula is C18H20N2O6. The fraction of sp³-hybridized carbons (Fsp3) is 0.278. The molecule has 0 aliphatic carbocycles. The maximum Gasteiger partial charge on any atom is 0.407 e. The first-order valence-electron chi connectivity index (χ1n) is 7.85. The second-order valence-electron chi connectivity index (χ2n) is 5.45. The van der Waals surface area contributed by atoms with Crippen molar-refractivity contribution in [2.75, 3.05) is 13.7 Å². The predicted octanol–water partition coefficient (Wildman–Crippen LogP) is 1.19. The van der Waals surface area contributed by atoms with E-state index in [1.165, 1.54) is 25.6 Å². The maximum atomic E-state index is 11.7. The maximum absolute atomic E-state index is 11.7. The van der Waals surface area contributed by atoms with E-state index in [0.717, 1.165) is 5.56 Å². The molecule has 0 aliphatic heterocycles. The van der Waals surface area contributed by atoms with Crippen LogP contribution in [0.4, 0.5) is 4.79 Å². The number of nitrogens with zero attached hydrogens (tertiary/aromatic N) is 1. The van der Waals surface area contributed by atoms with Crippen molar-refractivity contribution in [1.82, 2.24) is 10.3 Å². The monoisotopic (exact) mass is 360 g/mol. The summed E-state index contributed by atoms with van der Waals surface area (Å²) in [6.45, 7) is -0.145. The zero-order valence-corrected chi connectivity index (χ0v) is 14.2.